The average molecular weight is 503 g/mol. The Morgan fingerprint density at radius 2 is 1.81 bits per heavy atom. The molecule has 0 amide bonds. The van der Waals surface area contributed by atoms with Gasteiger partial charge in [0.15, 0.2) is 0 Å². The predicted molar refractivity (Wildman–Crippen MR) is 141 cm³/mol. The zero-order valence-corrected chi connectivity index (χ0v) is 20.8. The molecule has 0 bridgehead atoms. The number of methoxy groups -OCH3 is 1. The lowest BCUT2D eigenvalue weighted by atomic mass is 9.88. The number of anilines is 3. The number of aliphatic hydroxyl groups is 3. The first-order chi connectivity index (χ1) is 17.7. The van der Waals surface area contributed by atoms with Crippen molar-refractivity contribution in [2.45, 2.75) is 44.1 Å². The molecule has 0 saturated heterocycles. The Hall–Kier alpha value is -3.86. The average Bonchev–Trinajstić information content (AvgIpc) is 3.17. The Labute approximate surface area is 214 Å². The fourth-order valence-corrected chi connectivity index (χ4v) is 4.74. The molecule has 10 heteroatoms. The number of para-hydroxylation sites is 1. The fourth-order valence-electron chi connectivity index (χ4n) is 4.74. The Bertz CT molecular complexity index is 1410. The van der Waals surface area contributed by atoms with Gasteiger partial charge in [-0.25, -0.2) is 15.0 Å². The quantitative estimate of drug-likeness (QED) is 0.255. The van der Waals surface area contributed by atoms with E-state index in [9.17, 15) is 15.3 Å². The fraction of sp³-hybridized carbons (Fsp3) is 0.333. The summed E-state index contributed by atoms with van der Waals surface area (Å²) in [6, 6.07) is 14.6. The molecular weight excluding hydrogens is 472 g/mol. The molecular formula is C27H30N6O4. The van der Waals surface area contributed by atoms with E-state index in [-0.39, 0.29) is 0 Å². The van der Waals surface area contributed by atoms with Crippen LogP contribution in [0.25, 0.3) is 22.2 Å². The van der Waals surface area contributed by atoms with Crippen LogP contribution in [0.3, 0.4) is 0 Å². The number of fused-ring (bicyclic) bond motifs is 1. The van der Waals surface area contributed by atoms with Gasteiger partial charge >= 0.3 is 0 Å². The highest BCUT2D eigenvalue weighted by Crippen LogP contribution is 2.37. The second-order valence-electron chi connectivity index (χ2n) is 9.78. The van der Waals surface area contributed by atoms with Gasteiger partial charge in [0.2, 0.25) is 11.8 Å². The Morgan fingerprint density at radius 3 is 2.57 bits per heavy atom. The SMILES string of the molecule is COc1cc(Nc2ncc(-c3ccc4ccccc4n3)c(N[C@@H]3C[C@@H](C(C)(C)O)[C@@H](O)[C@H]3O)n2)ccn1. The minimum absolute atomic E-state index is 0.312. The summed E-state index contributed by atoms with van der Waals surface area (Å²) in [5.74, 6) is 0.688. The van der Waals surface area contributed by atoms with Crippen molar-refractivity contribution in [1.82, 2.24) is 19.9 Å². The standard InChI is InChI=1S/C27H30N6O4/c1-27(2,36)18-13-21(24(35)23(18)34)32-25-17(20-9-8-15-6-4-5-7-19(15)31-20)14-29-26(33-25)30-16-10-11-28-22(12-16)37-3/h4-12,14,18,21,23-24,34-36H,13H2,1-3H3,(H2,28,29,30,32,33)/t18-,21-,23-,24+/m1/s1. The van der Waals surface area contributed by atoms with Crippen LogP contribution in [0, 0.1) is 5.92 Å². The van der Waals surface area contributed by atoms with Gasteiger partial charge in [0.05, 0.1) is 41.6 Å². The van der Waals surface area contributed by atoms with Crippen LogP contribution in [0.2, 0.25) is 0 Å². The number of benzene rings is 1. The van der Waals surface area contributed by atoms with Gasteiger partial charge in [-0.15, -0.1) is 0 Å². The molecule has 5 N–H and O–H groups in total. The van der Waals surface area contributed by atoms with Gasteiger partial charge in [-0.3, -0.25) is 0 Å². The highest BCUT2D eigenvalue weighted by molar-refractivity contribution is 5.83. The molecule has 4 atom stereocenters. The normalized spacial score (nSPS) is 21.7. The molecule has 37 heavy (non-hydrogen) atoms. The van der Waals surface area contributed by atoms with Crippen molar-refractivity contribution >= 4 is 28.4 Å². The number of ether oxygens (including phenoxy) is 1. The number of pyridine rings is 2. The van der Waals surface area contributed by atoms with E-state index in [0.717, 1.165) is 10.9 Å². The molecule has 0 aliphatic heterocycles. The van der Waals surface area contributed by atoms with E-state index in [4.69, 9.17) is 14.7 Å². The highest BCUT2D eigenvalue weighted by Gasteiger charge is 2.47. The number of hydrogen-bond donors (Lipinski definition) is 5. The first-order valence-electron chi connectivity index (χ1n) is 12.1. The summed E-state index contributed by atoms with van der Waals surface area (Å²) in [5.41, 5.74) is 1.66. The van der Waals surface area contributed by atoms with Crippen LogP contribution >= 0.6 is 0 Å². The lowest BCUT2D eigenvalue weighted by molar-refractivity contribution is -0.0601. The smallest absolute Gasteiger partial charge is 0.229 e. The number of rotatable bonds is 7. The van der Waals surface area contributed by atoms with Crippen LogP contribution in [0.1, 0.15) is 20.3 Å². The van der Waals surface area contributed by atoms with Crippen molar-refractivity contribution < 1.29 is 20.1 Å². The number of aromatic nitrogens is 4. The zero-order chi connectivity index (χ0) is 26.2. The summed E-state index contributed by atoms with van der Waals surface area (Å²) in [6.07, 6.45) is 1.46. The van der Waals surface area contributed by atoms with E-state index in [1.807, 2.05) is 36.4 Å². The Morgan fingerprint density at radius 1 is 1.00 bits per heavy atom. The maximum Gasteiger partial charge on any atom is 0.229 e. The molecule has 1 aliphatic carbocycles. The highest BCUT2D eigenvalue weighted by atomic mass is 16.5. The summed E-state index contributed by atoms with van der Waals surface area (Å²) < 4.78 is 5.19. The van der Waals surface area contributed by atoms with Crippen LogP contribution < -0.4 is 15.4 Å². The molecule has 1 aliphatic rings. The van der Waals surface area contributed by atoms with E-state index < -0.39 is 29.8 Å². The van der Waals surface area contributed by atoms with Crippen LogP contribution in [0.4, 0.5) is 17.5 Å². The van der Waals surface area contributed by atoms with Crippen molar-refractivity contribution in [2.75, 3.05) is 17.7 Å². The molecule has 3 aromatic heterocycles. The van der Waals surface area contributed by atoms with E-state index in [2.05, 4.69) is 20.6 Å². The molecule has 10 nitrogen and oxygen atoms in total. The molecule has 0 unspecified atom stereocenters. The second kappa shape index (κ2) is 9.89. The monoisotopic (exact) mass is 502 g/mol. The van der Waals surface area contributed by atoms with E-state index >= 15 is 0 Å². The lowest BCUT2D eigenvalue weighted by Gasteiger charge is -2.28. The van der Waals surface area contributed by atoms with Crippen molar-refractivity contribution in [3.63, 3.8) is 0 Å². The largest absolute Gasteiger partial charge is 0.481 e. The molecule has 192 valence electrons. The van der Waals surface area contributed by atoms with E-state index in [1.165, 1.54) is 7.11 Å². The van der Waals surface area contributed by atoms with E-state index in [0.29, 0.717) is 41.0 Å². The van der Waals surface area contributed by atoms with Gasteiger partial charge in [0.25, 0.3) is 0 Å². The molecule has 4 aromatic rings. The predicted octanol–water partition coefficient (Wildman–Crippen LogP) is 3.13. The summed E-state index contributed by atoms with van der Waals surface area (Å²) in [6.45, 7) is 3.27. The summed E-state index contributed by atoms with van der Waals surface area (Å²) >= 11 is 0. The first kappa shape index (κ1) is 24.8. The molecule has 5 rings (SSSR count). The zero-order valence-electron chi connectivity index (χ0n) is 20.8. The van der Waals surface area contributed by atoms with Crippen molar-refractivity contribution in [3.8, 4) is 17.1 Å². The topological polar surface area (TPSA) is 146 Å². The van der Waals surface area contributed by atoms with Gasteiger partial charge in [0, 0.05) is 35.5 Å². The Kier molecular flexibility index (Phi) is 6.63. The molecule has 0 radical (unpaired) electrons. The van der Waals surface area contributed by atoms with Gasteiger partial charge in [0.1, 0.15) is 11.9 Å². The minimum atomic E-state index is -1.15. The van der Waals surface area contributed by atoms with Crippen LogP contribution in [0.15, 0.2) is 60.9 Å². The number of nitrogens with one attached hydrogen (secondary N) is 2. The second-order valence-corrected chi connectivity index (χ2v) is 9.78. The van der Waals surface area contributed by atoms with E-state index in [1.54, 1.807) is 38.4 Å². The third kappa shape index (κ3) is 5.17. The third-order valence-corrected chi connectivity index (χ3v) is 6.78. The molecule has 3 heterocycles. The number of nitrogens with zero attached hydrogens (tertiary/aromatic N) is 4. The summed E-state index contributed by atoms with van der Waals surface area (Å²) in [5, 5.41) is 39.4. The summed E-state index contributed by atoms with van der Waals surface area (Å²) in [7, 11) is 1.54. The third-order valence-electron chi connectivity index (χ3n) is 6.78. The van der Waals surface area contributed by atoms with Crippen molar-refractivity contribution in [1.29, 1.82) is 0 Å². The first-order valence-corrected chi connectivity index (χ1v) is 12.1. The molecule has 0 spiro atoms. The van der Waals surface area contributed by atoms with Crippen LogP contribution in [0.5, 0.6) is 5.88 Å². The van der Waals surface area contributed by atoms with Crippen molar-refractivity contribution in [3.05, 3.63) is 60.9 Å². The number of aliphatic hydroxyl groups excluding tert-OH is 2. The van der Waals surface area contributed by atoms with Gasteiger partial charge < -0.3 is 30.7 Å². The molecule has 1 aromatic carbocycles. The minimum Gasteiger partial charge on any atom is -0.481 e. The van der Waals surface area contributed by atoms with Crippen LogP contribution in [-0.4, -0.2) is 66.2 Å². The maximum absolute atomic E-state index is 10.8. The van der Waals surface area contributed by atoms with Gasteiger partial charge in [-0.1, -0.05) is 24.3 Å². The Balaban J connectivity index is 1.52. The van der Waals surface area contributed by atoms with Crippen molar-refractivity contribution in [2.24, 2.45) is 5.92 Å². The molecule has 1 fully saturated rings. The van der Waals surface area contributed by atoms with Crippen LogP contribution in [-0.2, 0) is 0 Å². The van der Waals surface area contributed by atoms with Gasteiger partial charge in [-0.2, -0.15) is 4.98 Å². The lowest BCUT2D eigenvalue weighted by Crippen LogP contribution is -2.40. The molecule has 1 saturated carbocycles. The maximum atomic E-state index is 10.8. The van der Waals surface area contributed by atoms with Gasteiger partial charge in [-0.05, 0) is 38.5 Å². The summed E-state index contributed by atoms with van der Waals surface area (Å²) in [4.78, 5) is 18.1. The number of hydrogen-bond acceptors (Lipinski definition) is 10.